The maximum absolute atomic E-state index is 13.9. The van der Waals surface area contributed by atoms with Gasteiger partial charge >= 0.3 is 6.09 Å². The van der Waals surface area contributed by atoms with Gasteiger partial charge in [-0.1, -0.05) is 18.2 Å². The largest absolute Gasteiger partial charge is 0.465 e. The van der Waals surface area contributed by atoms with Crippen molar-refractivity contribution in [3.8, 4) is 10.4 Å². The number of hydrogen-bond acceptors (Lipinski definition) is 4. The van der Waals surface area contributed by atoms with E-state index in [2.05, 4.69) is 10.3 Å². The van der Waals surface area contributed by atoms with E-state index < -0.39 is 23.4 Å². The fourth-order valence-corrected chi connectivity index (χ4v) is 3.14. The number of nitrogens with one attached hydrogen (secondary N) is 1. The van der Waals surface area contributed by atoms with Crippen molar-refractivity contribution >= 4 is 23.3 Å². The molecule has 1 aromatic carbocycles. The third kappa shape index (κ3) is 4.54. The Bertz CT molecular complexity index is 770. The summed E-state index contributed by atoms with van der Waals surface area (Å²) in [6.45, 7) is 5.61. The highest BCUT2D eigenvalue weighted by atomic mass is 32.1. The van der Waals surface area contributed by atoms with Crippen molar-refractivity contribution in [1.82, 2.24) is 15.2 Å². The van der Waals surface area contributed by atoms with Crippen molar-refractivity contribution in [2.24, 2.45) is 0 Å². The smallest absolute Gasteiger partial charge is 0.407 e. The fourth-order valence-electron chi connectivity index (χ4n) is 2.33. The molecule has 0 fully saturated rings. The van der Waals surface area contributed by atoms with Gasteiger partial charge in [-0.05, 0) is 26.8 Å². The number of carbonyl (C=O) groups is 2. The van der Waals surface area contributed by atoms with Gasteiger partial charge in [0.05, 0.1) is 10.4 Å². The van der Waals surface area contributed by atoms with E-state index in [1.165, 1.54) is 27.8 Å². The number of halogens is 1. The van der Waals surface area contributed by atoms with Crippen molar-refractivity contribution in [1.29, 1.82) is 0 Å². The number of hydrogen-bond donors (Lipinski definition) is 2. The standard InChI is InChI=1S/C17H20FN3O3S/c1-17(2,3)21(16(23)24)9-8-19-15(22)13-14(25-10-20-13)11-6-4-5-7-12(11)18/h4-7,10H,8-9H2,1-3H3,(H,19,22)(H,23,24). The van der Waals surface area contributed by atoms with Crippen molar-refractivity contribution in [3.05, 3.63) is 41.3 Å². The van der Waals surface area contributed by atoms with Gasteiger partial charge in [-0.25, -0.2) is 14.2 Å². The molecule has 0 saturated heterocycles. The monoisotopic (exact) mass is 365 g/mol. The summed E-state index contributed by atoms with van der Waals surface area (Å²) < 4.78 is 13.9. The summed E-state index contributed by atoms with van der Waals surface area (Å²) >= 11 is 1.18. The quantitative estimate of drug-likeness (QED) is 0.850. The second-order valence-corrected chi connectivity index (χ2v) is 7.23. The number of amides is 2. The molecule has 1 heterocycles. The Kier molecular flexibility index (Phi) is 5.73. The van der Waals surface area contributed by atoms with E-state index in [9.17, 15) is 19.1 Å². The van der Waals surface area contributed by atoms with Gasteiger partial charge in [-0.15, -0.1) is 11.3 Å². The molecular weight excluding hydrogens is 345 g/mol. The van der Waals surface area contributed by atoms with Gasteiger partial charge in [0.25, 0.3) is 5.91 Å². The highest BCUT2D eigenvalue weighted by Crippen LogP contribution is 2.29. The van der Waals surface area contributed by atoms with Crippen LogP contribution in [0.2, 0.25) is 0 Å². The summed E-state index contributed by atoms with van der Waals surface area (Å²) in [4.78, 5) is 29.4. The Balaban J connectivity index is 2.07. The molecular formula is C17H20FN3O3S. The Morgan fingerprint density at radius 1 is 1.32 bits per heavy atom. The molecule has 0 atom stereocenters. The molecule has 0 spiro atoms. The summed E-state index contributed by atoms with van der Waals surface area (Å²) in [5.41, 5.74) is 1.36. The Labute approximate surface area is 149 Å². The van der Waals surface area contributed by atoms with E-state index >= 15 is 0 Å². The number of benzene rings is 1. The number of aromatic nitrogens is 1. The zero-order valence-corrected chi connectivity index (χ0v) is 15.1. The molecule has 0 radical (unpaired) electrons. The predicted molar refractivity (Wildman–Crippen MR) is 94.3 cm³/mol. The van der Waals surface area contributed by atoms with E-state index in [-0.39, 0.29) is 18.8 Å². The molecule has 0 bridgehead atoms. The second kappa shape index (κ2) is 7.60. The molecule has 0 aliphatic heterocycles. The maximum Gasteiger partial charge on any atom is 0.407 e. The third-order valence-corrected chi connectivity index (χ3v) is 4.42. The van der Waals surface area contributed by atoms with Crippen LogP contribution in [0.15, 0.2) is 29.8 Å². The van der Waals surface area contributed by atoms with E-state index in [1.807, 2.05) is 0 Å². The molecule has 0 saturated carbocycles. The van der Waals surface area contributed by atoms with Gasteiger partial charge in [0.1, 0.15) is 11.5 Å². The summed E-state index contributed by atoms with van der Waals surface area (Å²) in [5.74, 6) is -0.885. The predicted octanol–water partition coefficient (Wildman–Crippen LogP) is 3.46. The zero-order valence-electron chi connectivity index (χ0n) is 14.2. The number of carbonyl (C=O) groups excluding carboxylic acids is 1. The molecule has 25 heavy (non-hydrogen) atoms. The molecule has 0 unspecified atom stereocenters. The van der Waals surface area contributed by atoms with Crippen molar-refractivity contribution < 1.29 is 19.1 Å². The van der Waals surface area contributed by atoms with Crippen LogP contribution in [-0.4, -0.2) is 45.6 Å². The van der Waals surface area contributed by atoms with E-state index in [4.69, 9.17) is 0 Å². The van der Waals surface area contributed by atoms with Gasteiger partial charge < -0.3 is 15.3 Å². The maximum atomic E-state index is 13.9. The van der Waals surface area contributed by atoms with Gasteiger partial charge in [0.2, 0.25) is 0 Å². The molecule has 2 aromatic rings. The lowest BCUT2D eigenvalue weighted by Crippen LogP contribution is -2.48. The van der Waals surface area contributed by atoms with E-state index in [0.29, 0.717) is 10.4 Å². The molecule has 134 valence electrons. The third-order valence-electron chi connectivity index (χ3n) is 3.56. The average molecular weight is 365 g/mol. The van der Waals surface area contributed by atoms with Gasteiger partial charge in [0.15, 0.2) is 0 Å². The highest BCUT2D eigenvalue weighted by molar-refractivity contribution is 7.13. The number of thiazole rings is 1. The van der Waals surface area contributed by atoms with Crippen molar-refractivity contribution in [3.63, 3.8) is 0 Å². The average Bonchev–Trinajstić information content (AvgIpc) is 2.99. The summed E-state index contributed by atoms with van der Waals surface area (Å²) in [5, 5.41) is 11.9. The Hall–Kier alpha value is -2.48. The van der Waals surface area contributed by atoms with Crippen LogP contribution in [0, 0.1) is 5.82 Å². The lowest BCUT2D eigenvalue weighted by Gasteiger charge is -2.33. The van der Waals surface area contributed by atoms with Gasteiger partial charge in [-0.3, -0.25) is 4.79 Å². The summed E-state index contributed by atoms with van der Waals surface area (Å²) in [6.07, 6.45) is -1.05. The molecule has 2 N–H and O–H groups in total. The number of carboxylic acid groups (broad SMARTS) is 1. The molecule has 1 aromatic heterocycles. The second-order valence-electron chi connectivity index (χ2n) is 6.37. The van der Waals surface area contributed by atoms with Crippen molar-refractivity contribution in [2.45, 2.75) is 26.3 Å². The molecule has 8 heteroatoms. The zero-order chi connectivity index (χ0) is 18.6. The number of nitrogens with zero attached hydrogens (tertiary/aromatic N) is 2. The lowest BCUT2D eigenvalue weighted by atomic mass is 10.1. The van der Waals surface area contributed by atoms with Crippen molar-refractivity contribution in [2.75, 3.05) is 13.1 Å². The molecule has 0 aliphatic carbocycles. The van der Waals surface area contributed by atoms with E-state index in [0.717, 1.165) is 0 Å². The van der Waals surface area contributed by atoms with Crippen LogP contribution < -0.4 is 5.32 Å². The first kappa shape index (κ1) is 18.9. The fraction of sp³-hybridized carbons (Fsp3) is 0.353. The molecule has 2 amide bonds. The minimum absolute atomic E-state index is 0.132. The summed E-state index contributed by atoms with van der Waals surface area (Å²) in [6, 6.07) is 6.18. The van der Waals surface area contributed by atoms with Crippen LogP contribution in [0.25, 0.3) is 10.4 Å². The normalized spacial score (nSPS) is 11.2. The first-order valence-corrected chi connectivity index (χ1v) is 8.57. The summed E-state index contributed by atoms with van der Waals surface area (Å²) in [7, 11) is 0. The van der Waals surface area contributed by atoms with E-state index in [1.54, 1.807) is 39.0 Å². The van der Waals surface area contributed by atoms with Crippen LogP contribution >= 0.6 is 11.3 Å². The number of rotatable bonds is 5. The topological polar surface area (TPSA) is 82.5 Å². The van der Waals surface area contributed by atoms with Crippen LogP contribution in [0.5, 0.6) is 0 Å². The van der Waals surface area contributed by atoms with Crippen LogP contribution in [0.1, 0.15) is 31.3 Å². The Morgan fingerprint density at radius 3 is 2.60 bits per heavy atom. The van der Waals surface area contributed by atoms with Crippen LogP contribution in [-0.2, 0) is 0 Å². The van der Waals surface area contributed by atoms with Gasteiger partial charge in [-0.2, -0.15) is 0 Å². The molecule has 6 nitrogen and oxygen atoms in total. The highest BCUT2D eigenvalue weighted by Gasteiger charge is 2.26. The molecule has 2 rings (SSSR count). The van der Waals surface area contributed by atoms with Crippen LogP contribution in [0.4, 0.5) is 9.18 Å². The molecule has 0 aliphatic rings. The van der Waals surface area contributed by atoms with Gasteiger partial charge in [0, 0.05) is 24.2 Å². The Morgan fingerprint density at radius 2 is 2.00 bits per heavy atom. The minimum atomic E-state index is -1.05. The lowest BCUT2D eigenvalue weighted by molar-refractivity contribution is 0.0889. The first-order valence-electron chi connectivity index (χ1n) is 7.69. The minimum Gasteiger partial charge on any atom is -0.465 e. The SMILES string of the molecule is CC(C)(C)N(CCNC(=O)c1ncsc1-c1ccccc1F)C(=O)O. The first-order chi connectivity index (χ1) is 11.7. The van der Waals surface area contributed by atoms with Crippen LogP contribution in [0.3, 0.4) is 0 Å².